The minimum Gasteiger partial charge on any atom is -0.400 e. The average molecular weight is 377 g/mol. The quantitative estimate of drug-likeness (QED) is 0.761. The number of H-pyrrole nitrogens is 1. The Morgan fingerprint density at radius 2 is 2.12 bits per heavy atom. The van der Waals surface area contributed by atoms with Crippen LogP contribution in [0.15, 0.2) is 30.8 Å². The fourth-order valence-corrected chi connectivity index (χ4v) is 3.57. The zero-order chi connectivity index (χ0) is 19.3. The van der Waals surface area contributed by atoms with Gasteiger partial charge in [0.2, 0.25) is 0 Å². The van der Waals surface area contributed by atoms with Crippen molar-refractivity contribution in [1.29, 1.82) is 5.26 Å². The predicted molar refractivity (Wildman–Crippen MR) is 110 cm³/mol. The lowest BCUT2D eigenvalue weighted by Crippen LogP contribution is -2.34. The topological polar surface area (TPSA) is 75.9 Å². The highest BCUT2D eigenvalue weighted by Gasteiger charge is 2.28. The number of nitrogens with one attached hydrogen (secondary N) is 1. The Labute approximate surface area is 162 Å². The summed E-state index contributed by atoms with van der Waals surface area (Å²) in [5.74, 6) is 0.600. The highest BCUT2D eigenvalue weighted by molar-refractivity contribution is 7.97. The van der Waals surface area contributed by atoms with E-state index in [0.29, 0.717) is 11.2 Å². The molecule has 0 saturated carbocycles. The van der Waals surface area contributed by atoms with Gasteiger partial charge in [0.25, 0.3) is 0 Å². The molecule has 0 bridgehead atoms. The molecule has 0 spiro atoms. The van der Waals surface area contributed by atoms with Crippen LogP contribution in [0.3, 0.4) is 0 Å². The lowest BCUT2D eigenvalue weighted by atomic mass is 9.79. The summed E-state index contributed by atoms with van der Waals surface area (Å²) in [6.07, 6.45) is 16.1. The van der Waals surface area contributed by atoms with Gasteiger partial charge < -0.3 is 10.1 Å². The van der Waals surface area contributed by atoms with Crippen molar-refractivity contribution in [2.45, 2.75) is 46.0 Å². The second-order valence-corrected chi connectivity index (χ2v) is 7.71. The van der Waals surface area contributed by atoms with Gasteiger partial charge >= 0.3 is 0 Å². The number of piperidine rings is 1. The summed E-state index contributed by atoms with van der Waals surface area (Å²) < 4.78 is 2.33. The van der Waals surface area contributed by atoms with E-state index in [0.717, 1.165) is 38.7 Å². The first-order chi connectivity index (χ1) is 12.7. The van der Waals surface area contributed by atoms with Crippen molar-refractivity contribution in [2.75, 3.05) is 26.0 Å². The predicted octanol–water partition coefficient (Wildman–Crippen LogP) is 4.42. The summed E-state index contributed by atoms with van der Waals surface area (Å²) in [5.41, 5.74) is 3.06. The summed E-state index contributed by atoms with van der Waals surface area (Å²) >= 11 is 1.68. The molecule has 1 aromatic rings. The molecule has 2 N–H and O–H groups in total. The molecule has 1 aliphatic carbocycles. The number of hydrogen-bond acceptors (Lipinski definition) is 5. The smallest absolute Gasteiger partial charge is 0.0955 e. The van der Waals surface area contributed by atoms with Crippen molar-refractivity contribution in [3.8, 4) is 6.07 Å². The van der Waals surface area contributed by atoms with Crippen molar-refractivity contribution in [3.05, 3.63) is 36.4 Å². The Balaban J connectivity index is 0.000000239. The van der Waals surface area contributed by atoms with Gasteiger partial charge in [-0.25, -0.2) is 9.29 Å². The van der Waals surface area contributed by atoms with E-state index in [2.05, 4.69) is 52.4 Å². The van der Waals surface area contributed by atoms with Crippen LogP contribution in [0.4, 0.5) is 0 Å². The summed E-state index contributed by atoms with van der Waals surface area (Å²) in [6.45, 7) is 6.95. The van der Waals surface area contributed by atoms with Gasteiger partial charge in [0, 0.05) is 20.2 Å². The molecule has 6 heteroatoms. The number of rotatable bonds is 4. The Morgan fingerprint density at radius 3 is 2.62 bits per heavy atom. The monoisotopic (exact) mass is 376 g/mol. The molecule has 1 fully saturated rings. The normalized spacial score (nSPS) is 18.5. The number of aliphatic hydroxyl groups is 1. The zero-order valence-electron chi connectivity index (χ0n) is 16.2. The number of imidazole rings is 1. The molecule has 144 valence electrons. The van der Waals surface area contributed by atoms with Gasteiger partial charge in [-0.2, -0.15) is 5.26 Å². The molecule has 3 rings (SSSR count). The van der Waals surface area contributed by atoms with Crippen LogP contribution in [0, 0.1) is 16.7 Å². The molecule has 1 aliphatic heterocycles. The average Bonchev–Trinajstić information content (AvgIpc) is 3.25. The van der Waals surface area contributed by atoms with Crippen LogP contribution >= 0.6 is 11.9 Å². The second-order valence-electron chi connectivity index (χ2n) is 6.65. The van der Waals surface area contributed by atoms with Crippen molar-refractivity contribution in [3.63, 3.8) is 0 Å². The number of aromatic amines is 1. The highest BCUT2D eigenvalue weighted by Crippen LogP contribution is 2.35. The third kappa shape index (κ3) is 7.77. The largest absolute Gasteiger partial charge is 0.400 e. The third-order valence-corrected chi connectivity index (χ3v) is 5.94. The molecule has 0 unspecified atom stereocenters. The Bertz CT molecular complexity index is 581. The number of aromatic nitrogens is 2. The first-order valence-electron chi connectivity index (χ1n) is 9.21. The summed E-state index contributed by atoms with van der Waals surface area (Å²) in [7, 11) is 1.00. The maximum absolute atomic E-state index is 8.45. The molecule has 0 atom stereocenters. The van der Waals surface area contributed by atoms with Crippen LogP contribution in [0.2, 0.25) is 0 Å². The summed E-state index contributed by atoms with van der Waals surface area (Å²) in [6, 6.07) is 2.17. The number of nitriles is 1. The maximum atomic E-state index is 8.45. The molecule has 2 aliphatic rings. The fraction of sp³-hybridized carbons (Fsp3) is 0.600. The molecule has 5 nitrogen and oxygen atoms in total. The van der Waals surface area contributed by atoms with Crippen molar-refractivity contribution >= 4 is 17.5 Å². The van der Waals surface area contributed by atoms with Gasteiger partial charge in [-0.3, -0.25) is 0 Å². The molecular weight excluding hydrogens is 344 g/mol. The third-order valence-electron chi connectivity index (χ3n) is 4.95. The van der Waals surface area contributed by atoms with Crippen LogP contribution in [-0.4, -0.2) is 45.3 Å². The van der Waals surface area contributed by atoms with E-state index < -0.39 is 0 Å². The maximum Gasteiger partial charge on any atom is 0.0955 e. The van der Waals surface area contributed by atoms with E-state index in [1.807, 2.05) is 6.20 Å². The zero-order valence-corrected chi connectivity index (χ0v) is 17.1. The van der Waals surface area contributed by atoms with Crippen LogP contribution in [-0.2, 0) is 0 Å². The molecule has 0 aromatic carbocycles. The fourth-order valence-electron chi connectivity index (χ4n) is 2.89. The first-order valence-corrected chi connectivity index (χ1v) is 10.1. The van der Waals surface area contributed by atoms with E-state index >= 15 is 0 Å². The molecular formula is C20H32N4OS. The van der Waals surface area contributed by atoms with Gasteiger partial charge in [-0.15, -0.1) is 0 Å². The van der Waals surface area contributed by atoms with Crippen LogP contribution < -0.4 is 0 Å². The van der Waals surface area contributed by atoms with Crippen molar-refractivity contribution in [1.82, 2.24) is 14.3 Å². The van der Waals surface area contributed by atoms with Crippen LogP contribution in [0.25, 0.3) is 5.57 Å². The number of aliphatic hydroxyl groups excluding tert-OH is 1. The molecule has 1 saturated heterocycles. The first kappa shape index (κ1) is 22.5. The van der Waals surface area contributed by atoms with Crippen molar-refractivity contribution < 1.29 is 5.11 Å². The number of nitrogens with zero attached hydrogens (tertiary/aromatic N) is 3. The van der Waals surface area contributed by atoms with Gasteiger partial charge in [0.15, 0.2) is 0 Å². The van der Waals surface area contributed by atoms with Gasteiger partial charge in [0.1, 0.15) is 0 Å². The summed E-state index contributed by atoms with van der Waals surface area (Å²) in [5, 5.41) is 15.4. The van der Waals surface area contributed by atoms with Gasteiger partial charge in [-0.05, 0) is 36.7 Å². The summed E-state index contributed by atoms with van der Waals surface area (Å²) in [4.78, 5) is 7.07. The van der Waals surface area contributed by atoms with Crippen LogP contribution in [0.1, 0.15) is 51.6 Å². The standard InChI is InChI=1S/C10H18N2S.C9H10N2.CH4O/c1-3-10(2)4-7-12(8-5-10)13-9-6-11;1-2-4-8(5-3-1)9-6-10-7-11-9;1-2/h3-5,7-9H2,1-2H3;1-2,4,6-7H,3,5H2,(H,10,11);2H,1H3. The second kappa shape index (κ2) is 12.7. The molecule has 0 radical (unpaired) electrons. The Hall–Kier alpha value is -1.55. The lowest BCUT2D eigenvalue weighted by molar-refractivity contribution is 0.176. The molecule has 1 aromatic heterocycles. The Kier molecular flexibility index (Phi) is 11.0. The molecule has 26 heavy (non-hydrogen) atoms. The highest BCUT2D eigenvalue weighted by atomic mass is 32.2. The SMILES string of the molecule is C1=CCCC(c2cnc[nH]2)=C1.CCC1(C)CCN(SCC#N)CC1.CO. The van der Waals surface area contributed by atoms with Crippen molar-refractivity contribution in [2.24, 2.45) is 5.41 Å². The number of allylic oxidation sites excluding steroid dienone is 4. The van der Waals surface area contributed by atoms with Gasteiger partial charge in [-0.1, -0.05) is 50.4 Å². The van der Waals surface area contributed by atoms with E-state index in [1.54, 1.807) is 18.3 Å². The minimum atomic E-state index is 0.559. The van der Waals surface area contributed by atoms with Crippen LogP contribution in [0.5, 0.6) is 0 Å². The van der Waals surface area contributed by atoms with E-state index in [-0.39, 0.29) is 0 Å². The minimum absolute atomic E-state index is 0.559. The van der Waals surface area contributed by atoms with Gasteiger partial charge in [0.05, 0.1) is 30.0 Å². The number of hydrogen-bond donors (Lipinski definition) is 2. The Morgan fingerprint density at radius 1 is 1.38 bits per heavy atom. The van der Waals surface area contributed by atoms with E-state index in [1.165, 1.54) is 24.8 Å². The molecule has 0 amide bonds. The van der Waals surface area contributed by atoms with E-state index in [9.17, 15) is 0 Å². The lowest BCUT2D eigenvalue weighted by Gasteiger charge is -2.37. The van der Waals surface area contributed by atoms with E-state index in [4.69, 9.17) is 10.4 Å². The molecule has 2 heterocycles.